The van der Waals surface area contributed by atoms with Gasteiger partial charge in [0.2, 0.25) is 0 Å². The van der Waals surface area contributed by atoms with E-state index in [1.54, 1.807) is 26.8 Å². The first kappa shape index (κ1) is 16.5. The third-order valence-electron chi connectivity index (χ3n) is 3.35. The fraction of sp³-hybridized carbons (Fsp3) is 0.250. The summed E-state index contributed by atoms with van der Waals surface area (Å²) in [7, 11) is 0. The highest BCUT2D eigenvalue weighted by Crippen LogP contribution is 2.40. The van der Waals surface area contributed by atoms with E-state index in [-0.39, 0.29) is 5.75 Å². The Balaban J connectivity index is 2.43. The zero-order valence-corrected chi connectivity index (χ0v) is 13.2. The number of hydrogen-bond acceptors (Lipinski definition) is 3. The predicted molar refractivity (Wildman–Crippen MR) is 82.3 cm³/mol. The molecule has 2 aromatic carbocycles. The summed E-state index contributed by atoms with van der Waals surface area (Å²) in [5, 5.41) is 9.76. The summed E-state index contributed by atoms with van der Waals surface area (Å²) in [6, 6.07) is 5.60. The highest BCUT2D eigenvalue weighted by molar-refractivity contribution is 7.99. The van der Waals surface area contributed by atoms with Gasteiger partial charge in [-0.2, -0.15) is 13.2 Å². The number of aromatic hydroxyl groups is 1. The van der Waals surface area contributed by atoms with Crippen molar-refractivity contribution < 1.29 is 18.3 Å². The summed E-state index contributed by atoms with van der Waals surface area (Å²) in [4.78, 5) is 1.48. The molecule has 0 unspecified atom stereocenters. The molecule has 0 radical (unpaired) electrons. The molecule has 0 saturated heterocycles. The maximum absolute atomic E-state index is 12.8. The molecule has 0 aliphatic rings. The first-order chi connectivity index (χ1) is 10.1. The van der Waals surface area contributed by atoms with Gasteiger partial charge < -0.3 is 10.8 Å². The lowest BCUT2D eigenvalue weighted by atomic mass is 10.1. The molecule has 0 bridgehead atoms. The Hall–Kier alpha value is -1.82. The molecule has 6 heteroatoms. The molecule has 0 atom stereocenters. The van der Waals surface area contributed by atoms with E-state index in [4.69, 9.17) is 5.73 Å². The minimum absolute atomic E-state index is 0.0234. The molecule has 2 aromatic rings. The van der Waals surface area contributed by atoms with Crippen LogP contribution in [-0.4, -0.2) is 5.11 Å². The second kappa shape index (κ2) is 5.76. The Bertz CT molecular complexity index is 680. The maximum atomic E-state index is 12.8. The number of halogens is 3. The highest BCUT2D eigenvalue weighted by Gasteiger charge is 2.31. The molecular weight excluding hydrogens is 311 g/mol. The van der Waals surface area contributed by atoms with Crippen LogP contribution in [0.2, 0.25) is 0 Å². The molecule has 2 nitrogen and oxygen atoms in total. The SMILES string of the molecule is Cc1cc(Sc2c(C)cc(C(F)(F)F)cc2C)cc(O)c1N. The van der Waals surface area contributed by atoms with Gasteiger partial charge in [0.15, 0.2) is 0 Å². The highest BCUT2D eigenvalue weighted by atomic mass is 32.2. The fourth-order valence-electron chi connectivity index (χ4n) is 2.20. The average molecular weight is 327 g/mol. The maximum Gasteiger partial charge on any atom is 0.416 e. The van der Waals surface area contributed by atoms with Crippen molar-refractivity contribution in [3.05, 3.63) is 46.5 Å². The van der Waals surface area contributed by atoms with Crippen LogP contribution in [0.5, 0.6) is 5.75 Å². The van der Waals surface area contributed by atoms with Crippen LogP contribution in [-0.2, 0) is 6.18 Å². The number of aryl methyl sites for hydroxylation is 3. The number of benzene rings is 2. The molecule has 0 fully saturated rings. The predicted octanol–water partition coefficient (Wildman–Crippen LogP) is 5.07. The number of alkyl halides is 3. The minimum Gasteiger partial charge on any atom is -0.506 e. The molecule has 0 saturated carbocycles. The van der Waals surface area contributed by atoms with Crippen molar-refractivity contribution >= 4 is 17.4 Å². The van der Waals surface area contributed by atoms with Gasteiger partial charge >= 0.3 is 6.18 Å². The van der Waals surface area contributed by atoms with Crippen molar-refractivity contribution in [2.75, 3.05) is 5.73 Å². The number of phenolic OH excluding ortho intramolecular Hbond substituents is 1. The zero-order chi connectivity index (χ0) is 16.7. The monoisotopic (exact) mass is 327 g/mol. The summed E-state index contributed by atoms with van der Waals surface area (Å²) >= 11 is 1.31. The Morgan fingerprint density at radius 3 is 1.95 bits per heavy atom. The standard InChI is InChI=1S/C16H16F3NOS/c1-8-6-12(7-13(21)14(8)20)22-15-9(2)4-11(5-10(15)3)16(17,18)19/h4-7,21H,20H2,1-3H3. The average Bonchev–Trinajstić information content (AvgIpc) is 2.38. The summed E-state index contributed by atoms with van der Waals surface area (Å²) in [6.45, 7) is 5.06. The van der Waals surface area contributed by atoms with Crippen LogP contribution >= 0.6 is 11.8 Å². The number of anilines is 1. The van der Waals surface area contributed by atoms with Crippen molar-refractivity contribution in [1.82, 2.24) is 0 Å². The Morgan fingerprint density at radius 1 is 0.955 bits per heavy atom. The lowest BCUT2D eigenvalue weighted by Crippen LogP contribution is -2.06. The van der Waals surface area contributed by atoms with E-state index in [1.165, 1.54) is 17.8 Å². The van der Waals surface area contributed by atoms with Crippen LogP contribution in [0.25, 0.3) is 0 Å². The lowest BCUT2D eigenvalue weighted by molar-refractivity contribution is -0.137. The Morgan fingerprint density at radius 2 is 1.50 bits per heavy atom. The summed E-state index contributed by atoms with van der Waals surface area (Å²) in [5.74, 6) is -0.0234. The Labute approximate surface area is 131 Å². The summed E-state index contributed by atoms with van der Waals surface area (Å²) in [6.07, 6.45) is -4.35. The quantitative estimate of drug-likeness (QED) is 0.598. The van der Waals surface area contributed by atoms with E-state index in [9.17, 15) is 18.3 Å². The molecule has 0 aliphatic carbocycles. The topological polar surface area (TPSA) is 46.2 Å². The zero-order valence-electron chi connectivity index (χ0n) is 12.4. The van der Waals surface area contributed by atoms with E-state index in [2.05, 4.69) is 0 Å². The lowest BCUT2D eigenvalue weighted by Gasteiger charge is -2.15. The van der Waals surface area contributed by atoms with Crippen molar-refractivity contribution in [2.45, 2.75) is 36.7 Å². The first-order valence-electron chi connectivity index (χ1n) is 6.55. The number of phenols is 1. The van der Waals surface area contributed by atoms with E-state index in [1.807, 2.05) is 0 Å². The normalized spacial score (nSPS) is 11.7. The molecule has 0 spiro atoms. The smallest absolute Gasteiger partial charge is 0.416 e. The molecule has 3 N–H and O–H groups in total. The molecule has 0 heterocycles. The van der Waals surface area contributed by atoms with Gasteiger partial charge in [0.05, 0.1) is 11.3 Å². The van der Waals surface area contributed by atoms with Crippen molar-refractivity contribution in [1.29, 1.82) is 0 Å². The first-order valence-corrected chi connectivity index (χ1v) is 7.36. The van der Waals surface area contributed by atoms with E-state index in [0.717, 1.165) is 27.5 Å². The third kappa shape index (κ3) is 3.32. The van der Waals surface area contributed by atoms with Crippen LogP contribution < -0.4 is 5.73 Å². The molecule has 0 aromatic heterocycles. The van der Waals surface area contributed by atoms with Crippen LogP contribution in [0.3, 0.4) is 0 Å². The van der Waals surface area contributed by atoms with Crippen LogP contribution in [0.15, 0.2) is 34.1 Å². The van der Waals surface area contributed by atoms with Crippen molar-refractivity contribution in [3.8, 4) is 5.75 Å². The second-order valence-electron chi connectivity index (χ2n) is 5.21. The van der Waals surface area contributed by atoms with Crippen LogP contribution in [0.1, 0.15) is 22.3 Å². The molecular formula is C16H16F3NOS. The molecule has 0 aliphatic heterocycles. The van der Waals surface area contributed by atoms with Crippen molar-refractivity contribution in [2.24, 2.45) is 0 Å². The van der Waals surface area contributed by atoms with Gasteiger partial charge in [-0.1, -0.05) is 11.8 Å². The molecule has 0 amide bonds. The van der Waals surface area contributed by atoms with Gasteiger partial charge in [-0.05, 0) is 61.7 Å². The van der Waals surface area contributed by atoms with Gasteiger partial charge in [-0.15, -0.1) is 0 Å². The second-order valence-corrected chi connectivity index (χ2v) is 6.30. The van der Waals surface area contributed by atoms with Crippen LogP contribution in [0.4, 0.5) is 18.9 Å². The van der Waals surface area contributed by atoms with Crippen molar-refractivity contribution in [3.63, 3.8) is 0 Å². The fourth-order valence-corrected chi connectivity index (χ4v) is 3.28. The summed E-state index contributed by atoms with van der Waals surface area (Å²) in [5.41, 5.74) is 7.17. The van der Waals surface area contributed by atoms with E-state index >= 15 is 0 Å². The molecule has 118 valence electrons. The van der Waals surface area contributed by atoms with E-state index in [0.29, 0.717) is 16.8 Å². The summed E-state index contributed by atoms with van der Waals surface area (Å²) < 4.78 is 38.4. The number of nitrogen functional groups attached to an aromatic ring is 1. The van der Waals surface area contributed by atoms with Crippen LogP contribution in [0, 0.1) is 20.8 Å². The Kier molecular flexibility index (Phi) is 4.33. The van der Waals surface area contributed by atoms with Gasteiger partial charge in [0.25, 0.3) is 0 Å². The number of hydrogen-bond donors (Lipinski definition) is 2. The van der Waals surface area contributed by atoms with Gasteiger partial charge in [-0.3, -0.25) is 0 Å². The van der Waals surface area contributed by atoms with Gasteiger partial charge in [0, 0.05) is 9.79 Å². The van der Waals surface area contributed by atoms with E-state index < -0.39 is 11.7 Å². The van der Waals surface area contributed by atoms with Gasteiger partial charge in [-0.25, -0.2) is 0 Å². The van der Waals surface area contributed by atoms with Gasteiger partial charge in [0.1, 0.15) is 5.75 Å². The minimum atomic E-state index is -4.35. The number of nitrogens with two attached hydrogens (primary N) is 1. The largest absolute Gasteiger partial charge is 0.506 e. The molecule has 22 heavy (non-hydrogen) atoms. The third-order valence-corrected chi connectivity index (χ3v) is 4.67. The number of rotatable bonds is 2. The molecule has 2 rings (SSSR count).